The molecule has 3 aromatic rings. The molecule has 0 heterocycles. The van der Waals surface area contributed by atoms with Crippen LogP contribution in [0.25, 0.3) is 0 Å². The van der Waals surface area contributed by atoms with Crippen molar-refractivity contribution >= 4 is 27.7 Å². The largest absolute Gasteiger partial charge is 0.497 e. The van der Waals surface area contributed by atoms with Gasteiger partial charge in [0, 0.05) is 23.5 Å². The number of hydrogen-bond acceptors (Lipinski definition) is 3. The van der Waals surface area contributed by atoms with Crippen LogP contribution >= 0.6 is 15.9 Å². The normalized spacial score (nSPS) is 12.5. The van der Waals surface area contributed by atoms with Crippen LogP contribution in [0.15, 0.2) is 83.3 Å². The number of ether oxygens (including phenoxy) is 1. The zero-order valence-corrected chi connectivity index (χ0v) is 22.1. The fourth-order valence-electron chi connectivity index (χ4n) is 3.80. The molecule has 0 saturated heterocycles. The van der Waals surface area contributed by atoms with Crippen molar-refractivity contribution in [3.05, 3.63) is 100 Å². The summed E-state index contributed by atoms with van der Waals surface area (Å²) in [6.45, 7) is 4.36. The Kier molecular flexibility index (Phi) is 9.91. The Morgan fingerprint density at radius 2 is 1.54 bits per heavy atom. The summed E-state index contributed by atoms with van der Waals surface area (Å²) in [5.74, 6) is 0.504. The maximum Gasteiger partial charge on any atom is 0.243 e. The monoisotopic (exact) mass is 536 g/mol. The van der Waals surface area contributed by atoms with E-state index in [2.05, 4.69) is 21.2 Å². The molecule has 0 saturated carbocycles. The molecule has 5 nitrogen and oxygen atoms in total. The summed E-state index contributed by atoms with van der Waals surface area (Å²) in [5, 5.41) is 3.10. The maximum atomic E-state index is 13.7. The molecule has 2 atom stereocenters. The van der Waals surface area contributed by atoms with Crippen LogP contribution in [-0.2, 0) is 29.0 Å². The fourth-order valence-corrected chi connectivity index (χ4v) is 4.07. The van der Waals surface area contributed by atoms with Crippen LogP contribution in [0.2, 0.25) is 0 Å². The zero-order valence-electron chi connectivity index (χ0n) is 20.5. The van der Waals surface area contributed by atoms with E-state index < -0.39 is 6.04 Å². The third kappa shape index (κ3) is 7.96. The van der Waals surface area contributed by atoms with Crippen molar-refractivity contribution in [1.29, 1.82) is 0 Å². The zero-order chi connectivity index (χ0) is 25.2. The minimum Gasteiger partial charge on any atom is -0.497 e. The molecule has 1 N–H and O–H groups in total. The van der Waals surface area contributed by atoms with Crippen molar-refractivity contribution in [2.75, 3.05) is 7.11 Å². The summed E-state index contributed by atoms with van der Waals surface area (Å²) in [6, 6.07) is 24.6. The molecule has 6 heteroatoms. The van der Waals surface area contributed by atoms with Crippen molar-refractivity contribution in [2.24, 2.45) is 0 Å². The molecule has 35 heavy (non-hydrogen) atoms. The average Bonchev–Trinajstić information content (AvgIpc) is 2.88. The van der Waals surface area contributed by atoms with Crippen LogP contribution in [-0.4, -0.2) is 35.9 Å². The van der Waals surface area contributed by atoms with Gasteiger partial charge in [0.2, 0.25) is 11.8 Å². The SMILES string of the molecule is CC[C@@H](C)NC(=O)[C@H](Cc1ccccc1)N(Cc1ccc(Br)cc1)C(=O)Cc1ccc(OC)cc1. The number of carbonyl (C=O) groups is 2. The minimum absolute atomic E-state index is 0.0204. The van der Waals surface area contributed by atoms with E-state index in [4.69, 9.17) is 4.74 Å². The van der Waals surface area contributed by atoms with E-state index >= 15 is 0 Å². The van der Waals surface area contributed by atoms with Crippen LogP contribution < -0.4 is 10.1 Å². The Morgan fingerprint density at radius 1 is 0.914 bits per heavy atom. The van der Waals surface area contributed by atoms with Gasteiger partial charge in [-0.1, -0.05) is 77.5 Å². The lowest BCUT2D eigenvalue weighted by molar-refractivity contribution is -0.141. The van der Waals surface area contributed by atoms with Crippen molar-refractivity contribution in [1.82, 2.24) is 10.2 Å². The van der Waals surface area contributed by atoms with E-state index in [0.717, 1.165) is 33.3 Å². The topological polar surface area (TPSA) is 58.6 Å². The van der Waals surface area contributed by atoms with Crippen molar-refractivity contribution < 1.29 is 14.3 Å². The number of amides is 2. The molecule has 2 amide bonds. The van der Waals surface area contributed by atoms with Gasteiger partial charge in [-0.2, -0.15) is 0 Å². The second kappa shape index (κ2) is 13.1. The first-order valence-electron chi connectivity index (χ1n) is 11.9. The first-order valence-corrected chi connectivity index (χ1v) is 12.7. The van der Waals surface area contributed by atoms with Crippen LogP contribution in [0.5, 0.6) is 5.75 Å². The van der Waals surface area contributed by atoms with Crippen LogP contribution in [0, 0.1) is 0 Å². The predicted molar refractivity (Wildman–Crippen MR) is 143 cm³/mol. The van der Waals surface area contributed by atoms with Gasteiger partial charge in [-0.15, -0.1) is 0 Å². The number of benzene rings is 3. The molecule has 0 unspecified atom stereocenters. The van der Waals surface area contributed by atoms with Gasteiger partial charge in [0.25, 0.3) is 0 Å². The quantitative estimate of drug-likeness (QED) is 0.349. The number of nitrogens with zero attached hydrogens (tertiary/aromatic N) is 1. The number of rotatable bonds is 11. The fraction of sp³-hybridized carbons (Fsp3) is 0.310. The summed E-state index contributed by atoms with van der Waals surface area (Å²) in [5.41, 5.74) is 2.85. The molecule has 0 aliphatic rings. The van der Waals surface area contributed by atoms with E-state index in [1.807, 2.05) is 92.7 Å². The number of hydrogen-bond donors (Lipinski definition) is 1. The predicted octanol–water partition coefficient (Wildman–Crippen LogP) is 5.56. The van der Waals surface area contributed by atoms with Gasteiger partial charge in [0.15, 0.2) is 0 Å². The van der Waals surface area contributed by atoms with E-state index in [1.165, 1.54) is 0 Å². The Morgan fingerprint density at radius 3 is 2.14 bits per heavy atom. The van der Waals surface area contributed by atoms with E-state index in [1.54, 1.807) is 12.0 Å². The van der Waals surface area contributed by atoms with Gasteiger partial charge in [-0.05, 0) is 54.3 Å². The molecule has 0 bridgehead atoms. The Bertz CT molecular complexity index is 1090. The molecule has 0 aliphatic carbocycles. The summed E-state index contributed by atoms with van der Waals surface area (Å²) in [4.78, 5) is 29.0. The highest BCUT2D eigenvalue weighted by Gasteiger charge is 2.31. The summed E-state index contributed by atoms with van der Waals surface area (Å²) >= 11 is 3.47. The molecule has 184 valence electrons. The van der Waals surface area contributed by atoms with Crippen molar-refractivity contribution in [2.45, 2.75) is 51.7 Å². The van der Waals surface area contributed by atoms with Crippen molar-refractivity contribution in [3.63, 3.8) is 0 Å². The second-order valence-electron chi connectivity index (χ2n) is 8.70. The number of carbonyl (C=O) groups excluding carboxylic acids is 2. The van der Waals surface area contributed by atoms with E-state index in [9.17, 15) is 9.59 Å². The first kappa shape index (κ1) is 26.5. The van der Waals surface area contributed by atoms with Crippen LogP contribution in [0.1, 0.15) is 37.0 Å². The second-order valence-corrected chi connectivity index (χ2v) is 9.61. The maximum absolute atomic E-state index is 13.7. The Hall–Kier alpha value is -3.12. The van der Waals surface area contributed by atoms with Crippen LogP contribution in [0.3, 0.4) is 0 Å². The smallest absolute Gasteiger partial charge is 0.243 e. The summed E-state index contributed by atoms with van der Waals surface area (Å²) in [6.07, 6.45) is 1.45. The summed E-state index contributed by atoms with van der Waals surface area (Å²) in [7, 11) is 1.62. The van der Waals surface area contributed by atoms with Crippen molar-refractivity contribution in [3.8, 4) is 5.75 Å². The molecule has 3 aromatic carbocycles. The highest BCUT2D eigenvalue weighted by atomic mass is 79.9. The molecular weight excluding hydrogens is 504 g/mol. The Labute approximate surface area is 216 Å². The van der Waals surface area contributed by atoms with Gasteiger partial charge < -0.3 is 15.0 Å². The van der Waals surface area contributed by atoms with Crippen LogP contribution in [0.4, 0.5) is 0 Å². The summed E-state index contributed by atoms with van der Waals surface area (Å²) < 4.78 is 6.21. The standard InChI is InChI=1S/C29H33BrN2O3/c1-4-21(2)31-29(34)27(18-22-8-6-5-7-9-22)32(20-24-10-14-25(30)15-11-24)28(33)19-23-12-16-26(35-3)17-13-23/h5-17,21,27H,4,18-20H2,1-3H3,(H,31,34)/t21-,27+/m1/s1. The molecule has 0 radical (unpaired) electrons. The number of methoxy groups -OCH3 is 1. The average molecular weight is 537 g/mol. The lowest BCUT2D eigenvalue weighted by Gasteiger charge is -2.32. The molecular formula is C29H33BrN2O3. The number of nitrogens with one attached hydrogen (secondary N) is 1. The molecule has 0 aromatic heterocycles. The van der Waals surface area contributed by atoms with E-state index in [0.29, 0.717) is 13.0 Å². The van der Waals surface area contributed by atoms with Gasteiger partial charge >= 0.3 is 0 Å². The van der Waals surface area contributed by atoms with Gasteiger partial charge in [0.1, 0.15) is 11.8 Å². The van der Waals surface area contributed by atoms with Gasteiger partial charge in [-0.25, -0.2) is 0 Å². The minimum atomic E-state index is -0.638. The third-order valence-corrected chi connectivity index (χ3v) is 6.58. The molecule has 0 fully saturated rings. The molecule has 0 aliphatic heterocycles. The third-order valence-electron chi connectivity index (χ3n) is 6.05. The number of halogens is 1. The highest BCUT2D eigenvalue weighted by Crippen LogP contribution is 2.19. The molecule has 3 rings (SSSR count). The lowest BCUT2D eigenvalue weighted by atomic mass is 10.0. The highest BCUT2D eigenvalue weighted by molar-refractivity contribution is 9.10. The Balaban J connectivity index is 1.94. The van der Waals surface area contributed by atoms with Gasteiger partial charge in [0.05, 0.1) is 13.5 Å². The van der Waals surface area contributed by atoms with Gasteiger partial charge in [-0.3, -0.25) is 9.59 Å². The first-order chi connectivity index (χ1) is 16.9. The molecule has 0 spiro atoms. The van der Waals surface area contributed by atoms with E-state index in [-0.39, 0.29) is 24.3 Å². The lowest BCUT2D eigenvalue weighted by Crippen LogP contribution is -2.52.